The molecule has 3 aromatic heterocycles. The summed E-state index contributed by atoms with van der Waals surface area (Å²) in [5.41, 5.74) is 2.32. The molecule has 0 spiro atoms. The second-order valence-corrected chi connectivity index (χ2v) is 12.8. The maximum Gasteiger partial charge on any atom is 0.425 e. The van der Waals surface area contributed by atoms with E-state index in [9.17, 15) is 13.2 Å². The van der Waals surface area contributed by atoms with E-state index in [1.165, 1.54) is 15.6 Å². The summed E-state index contributed by atoms with van der Waals surface area (Å²) in [4.78, 5) is 27.2. The highest BCUT2D eigenvalue weighted by Crippen LogP contribution is 2.35. The standard InChI is InChI=1S/C26H31N7O5S2/c1-26(2,3)38-25(34)33-13-6-12-31(40(33,35)36)14-11-28-23-27-10-9-20(29-23)22-21(30-24-32(22)15-16-39-24)18-7-5-8-19(17-18)37-4/h5,7-10,15-17H,6,11-14H2,1-4H3,(H,27,28,29). The highest BCUT2D eigenvalue weighted by Gasteiger charge is 2.39. The second kappa shape index (κ2) is 11.0. The number of thiazole rings is 1. The van der Waals surface area contributed by atoms with Gasteiger partial charge in [-0.15, -0.1) is 11.3 Å². The average molecular weight is 586 g/mol. The van der Waals surface area contributed by atoms with Gasteiger partial charge in [0.2, 0.25) is 5.95 Å². The smallest absolute Gasteiger partial charge is 0.425 e. The summed E-state index contributed by atoms with van der Waals surface area (Å²) in [6, 6.07) is 9.50. The van der Waals surface area contributed by atoms with Crippen LogP contribution in [0.25, 0.3) is 27.6 Å². The average Bonchev–Trinajstić information content (AvgIpc) is 3.50. The predicted octanol–water partition coefficient (Wildman–Crippen LogP) is 4.13. The summed E-state index contributed by atoms with van der Waals surface area (Å²) in [6.45, 7) is 5.86. The van der Waals surface area contributed by atoms with Crippen LogP contribution in [0.1, 0.15) is 27.2 Å². The molecule has 0 radical (unpaired) electrons. The number of nitrogens with one attached hydrogen (secondary N) is 1. The van der Waals surface area contributed by atoms with E-state index in [1.807, 2.05) is 46.3 Å². The molecule has 1 aliphatic rings. The highest BCUT2D eigenvalue weighted by atomic mass is 32.2. The molecule has 4 aromatic rings. The van der Waals surface area contributed by atoms with Crippen molar-refractivity contribution in [3.05, 3.63) is 48.1 Å². The van der Waals surface area contributed by atoms with Gasteiger partial charge in [0.05, 0.1) is 18.5 Å². The molecule has 1 fully saturated rings. The number of methoxy groups -OCH3 is 1. The number of carbonyl (C=O) groups is 1. The minimum atomic E-state index is -4.00. The largest absolute Gasteiger partial charge is 0.497 e. The zero-order chi connectivity index (χ0) is 28.5. The molecule has 0 atom stereocenters. The molecule has 1 N–H and O–H groups in total. The van der Waals surface area contributed by atoms with Crippen molar-refractivity contribution in [1.82, 2.24) is 28.0 Å². The van der Waals surface area contributed by atoms with E-state index in [1.54, 1.807) is 34.1 Å². The Morgan fingerprint density at radius 2 is 2.00 bits per heavy atom. The third-order valence-electron chi connectivity index (χ3n) is 6.12. The lowest BCUT2D eigenvalue weighted by Gasteiger charge is -2.35. The van der Waals surface area contributed by atoms with Gasteiger partial charge in [0.1, 0.15) is 17.0 Å². The first kappa shape index (κ1) is 27.8. The van der Waals surface area contributed by atoms with Crippen molar-refractivity contribution in [2.24, 2.45) is 0 Å². The number of fused-ring (bicyclic) bond motifs is 1. The van der Waals surface area contributed by atoms with Crippen LogP contribution in [-0.2, 0) is 14.9 Å². The van der Waals surface area contributed by atoms with Crippen LogP contribution in [0.3, 0.4) is 0 Å². The molecule has 1 aromatic carbocycles. The predicted molar refractivity (Wildman–Crippen MR) is 153 cm³/mol. The fourth-order valence-corrected chi connectivity index (χ4v) is 6.62. The van der Waals surface area contributed by atoms with E-state index in [4.69, 9.17) is 19.4 Å². The molecule has 0 saturated carbocycles. The van der Waals surface area contributed by atoms with Gasteiger partial charge in [-0.2, -0.15) is 17.0 Å². The lowest BCUT2D eigenvalue weighted by molar-refractivity contribution is 0.0364. The SMILES string of the molecule is COc1cccc(-c2nc3sccn3c2-c2ccnc(NCCN3CCCN(C(=O)OC(C)(C)C)S3(=O)=O)n2)c1. The van der Waals surface area contributed by atoms with Crippen LogP contribution in [-0.4, -0.2) is 81.4 Å². The summed E-state index contributed by atoms with van der Waals surface area (Å²) >= 11 is 1.52. The molecular weight excluding hydrogens is 554 g/mol. The molecule has 14 heteroatoms. The van der Waals surface area contributed by atoms with Crippen molar-refractivity contribution in [1.29, 1.82) is 0 Å². The van der Waals surface area contributed by atoms with Crippen LogP contribution in [0.15, 0.2) is 48.1 Å². The topological polar surface area (TPSA) is 131 Å². The van der Waals surface area contributed by atoms with E-state index in [0.717, 1.165) is 32.0 Å². The van der Waals surface area contributed by atoms with Crippen molar-refractivity contribution in [2.45, 2.75) is 32.8 Å². The molecule has 0 unspecified atom stereocenters. The van der Waals surface area contributed by atoms with Crippen molar-refractivity contribution < 1.29 is 22.7 Å². The first-order chi connectivity index (χ1) is 19.1. The molecule has 0 bridgehead atoms. The lowest BCUT2D eigenvalue weighted by Crippen LogP contribution is -2.53. The summed E-state index contributed by atoms with van der Waals surface area (Å²) < 4.78 is 40.9. The molecular formula is C26H31N7O5S2. The number of benzene rings is 1. The number of nitrogens with zero attached hydrogens (tertiary/aromatic N) is 6. The quantitative estimate of drug-likeness (QED) is 0.340. The van der Waals surface area contributed by atoms with Gasteiger partial charge in [-0.1, -0.05) is 12.1 Å². The Morgan fingerprint density at radius 3 is 2.77 bits per heavy atom. The van der Waals surface area contributed by atoms with Gasteiger partial charge >= 0.3 is 16.3 Å². The number of hydrogen-bond acceptors (Lipinski definition) is 10. The Balaban J connectivity index is 1.33. The van der Waals surface area contributed by atoms with Gasteiger partial charge in [-0.3, -0.25) is 4.40 Å². The highest BCUT2D eigenvalue weighted by molar-refractivity contribution is 7.87. The fraction of sp³-hybridized carbons (Fsp3) is 0.385. The molecule has 0 aliphatic carbocycles. The minimum Gasteiger partial charge on any atom is -0.497 e. The van der Waals surface area contributed by atoms with Gasteiger partial charge in [0.15, 0.2) is 4.96 Å². The van der Waals surface area contributed by atoms with E-state index in [-0.39, 0.29) is 19.6 Å². The number of amides is 1. The van der Waals surface area contributed by atoms with Gasteiger partial charge < -0.3 is 14.8 Å². The van der Waals surface area contributed by atoms with E-state index in [2.05, 4.69) is 10.3 Å². The van der Waals surface area contributed by atoms with Gasteiger partial charge in [0.25, 0.3) is 0 Å². The lowest BCUT2D eigenvalue weighted by atomic mass is 10.1. The number of hydrogen-bond donors (Lipinski definition) is 1. The van der Waals surface area contributed by atoms with Crippen molar-refractivity contribution in [3.63, 3.8) is 0 Å². The van der Waals surface area contributed by atoms with Crippen LogP contribution in [0.2, 0.25) is 0 Å². The normalized spacial score (nSPS) is 15.8. The van der Waals surface area contributed by atoms with Crippen LogP contribution >= 0.6 is 11.3 Å². The summed E-state index contributed by atoms with van der Waals surface area (Å²) in [6.07, 6.45) is 3.23. The Kier molecular flexibility index (Phi) is 7.66. The van der Waals surface area contributed by atoms with Crippen LogP contribution in [0, 0.1) is 0 Å². The third kappa shape index (κ3) is 5.74. The first-order valence-corrected chi connectivity index (χ1v) is 15.0. The van der Waals surface area contributed by atoms with Crippen LogP contribution in [0.5, 0.6) is 5.75 Å². The number of imidazole rings is 1. The number of aromatic nitrogens is 4. The van der Waals surface area contributed by atoms with Crippen LogP contribution in [0.4, 0.5) is 10.7 Å². The van der Waals surface area contributed by atoms with E-state index in [0.29, 0.717) is 24.6 Å². The zero-order valence-corrected chi connectivity index (χ0v) is 24.3. The van der Waals surface area contributed by atoms with Crippen LogP contribution < -0.4 is 10.1 Å². The monoisotopic (exact) mass is 585 g/mol. The minimum absolute atomic E-state index is 0.0877. The zero-order valence-electron chi connectivity index (χ0n) is 22.7. The molecule has 212 valence electrons. The molecule has 12 nitrogen and oxygen atoms in total. The number of anilines is 1. The Labute approximate surface area is 236 Å². The summed E-state index contributed by atoms with van der Waals surface area (Å²) in [7, 11) is -2.38. The maximum absolute atomic E-state index is 13.1. The number of carbonyl (C=O) groups excluding carboxylic acids is 1. The van der Waals surface area contributed by atoms with E-state index >= 15 is 0 Å². The molecule has 5 rings (SSSR count). The molecule has 1 saturated heterocycles. The molecule has 4 heterocycles. The summed E-state index contributed by atoms with van der Waals surface area (Å²) in [5, 5.41) is 5.08. The molecule has 1 aliphatic heterocycles. The van der Waals surface area contributed by atoms with Gasteiger partial charge in [-0.05, 0) is 45.4 Å². The third-order valence-corrected chi connectivity index (χ3v) is 8.78. The Hall–Kier alpha value is -3.75. The van der Waals surface area contributed by atoms with Gasteiger partial charge in [0, 0.05) is 49.5 Å². The summed E-state index contributed by atoms with van der Waals surface area (Å²) in [5.74, 6) is 1.07. The van der Waals surface area contributed by atoms with Gasteiger partial charge in [-0.25, -0.2) is 19.7 Å². The first-order valence-electron chi connectivity index (χ1n) is 12.7. The fourth-order valence-electron chi connectivity index (χ4n) is 4.36. The number of rotatable bonds is 7. The maximum atomic E-state index is 13.1. The molecule has 1 amide bonds. The van der Waals surface area contributed by atoms with Crippen molar-refractivity contribution in [2.75, 3.05) is 38.6 Å². The van der Waals surface area contributed by atoms with Crippen molar-refractivity contribution in [3.8, 4) is 28.4 Å². The molecule has 40 heavy (non-hydrogen) atoms. The second-order valence-electron chi connectivity index (χ2n) is 10.1. The van der Waals surface area contributed by atoms with E-state index < -0.39 is 21.9 Å². The van der Waals surface area contributed by atoms with Crippen molar-refractivity contribution >= 4 is 38.5 Å². The Bertz CT molecular complexity index is 1630. The number of ether oxygens (including phenoxy) is 2. The Morgan fingerprint density at radius 1 is 1.18 bits per heavy atom.